The second-order valence-electron chi connectivity index (χ2n) is 9.12. The highest BCUT2D eigenvalue weighted by Gasteiger charge is 2.59. The SMILES string of the molecule is CC(=O)O[C@H]1CC2C[C@@H](O)C=C[C@]2(C)C2=CC[C@]3(C)[C@@H](O)CC[C@H]3[C@@H]21. The predicted molar refractivity (Wildman–Crippen MR) is 94.6 cm³/mol. The van der Waals surface area contributed by atoms with E-state index in [-0.39, 0.29) is 40.8 Å². The first-order valence-electron chi connectivity index (χ1n) is 9.69. The second kappa shape index (κ2) is 5.68. The van der Waals surface area contributed by atoms with Crippen molar-refractivity contribution >= 4 is 5.97 Å². The van der Waals surface area contributed by atoms with Gasteiger partial charge < -0.3 is 14.9 Å². The number of ether oxygens (including phenoxy) is 1. The third kappa shape index (κ3) is 2.44. The van der Waals surface area contributed by atoms with Gasteiger partial charge in [0.25, 0.3) is 0 Å². The molecule has 4 aliphatic carbocycles. The molecule has 4 rings (SSSR count). The van der Waals surface area contributed by atoms with Crippen LogP contribution in [0.25, 0.3) is 0 Å². The van der Waals surface area contributed by atoms with Crippen LogP contribution in [0.5, 0.6) is 0 Å². The van der Waals surface area contributed by atoms with Crippen LogP contribution in [0.2, 0.25) is 0 Å². The molecule has 0 radical (unpaired) electrons. The Morgan fingerprint density at radius 1 is 1.24 bits per heavy atom. The lowest BCUT2D eigenvalue weighted by Crippen LogP contribution is -2.53. The maximum Gasteiger partial charge on any atom is 0.302 e. The number of fused-ring (bicyclic) bond motifs is 5. The third-order valence-electron chi connectivity index (χ3n) is 7.81. The largest absolute Gasteiger partial charge is 0.462 e. The lowest BCUT2D eigenvalue weighted by molar-refractivity contribution is -0.156. The van der Waals surface area contributed by atoms with E-state index in [0.717, 1.165) is 32.1 Å². The van der Waals surface area contributed by atoms with Gasteiger partial charge in [-0.25, -0.2) is 0 Å². The van der Waals surface area contributed by atoms with E-state index in [1.807, 2.05) is 6.08 Å². The summed E-state index contributed by atoms with van der Waals surface area (Å²) in [4.78, 5) is 11.8. The summed E-state index contributed by atoms with van der Waals surface area (Å²) < 4.78 is 5.81. The van der Waals surface area contributed by atoms with Crippen molar-refractivity contribution in [3.8, 4) is 0 Å². The van der Waals surface area contributed by atoms with Crippen LogP contribution in [-0.2, 0) is 9.53 Å². The zero-order valence-corrected chi connectivity index (χ0v) is 15.4. The molecule has 0 spiro atoms. The van der Waals surface area contributed by atoms with Crippen molar-refractivity contribution in [3.05, 3.63) is 23.8 Å². The highest BCUT2D eigenvalue weighted by atomic mass is 16.5. The van der Waals surface area contributed by atoms with Crippen molar-refractivity contribution in [2.24, 2.45) is 28.6 Å². The molecule has 0 aliphatic heterocycles. The minimum absolute atomic E-state index is 0.0740. The predicted octanol–water partition coefficient (Wildman–Crippen LogP) is 2.99. The topological polar surface area (TPSA) is 66.8 Å². The van der Waals surface area contributed by atoms with Crippen LogP contribution >= 0.6 is 0 Å². The Balaban J connectivity index is 1.79. The number of aliphatic hydroxyl groups excluding tert-OH is 2. The molecule has 0 aromatic carbocycles. The average Bonchev–Trinajstić information content (AvgIpc) is 2.84. The van der Waals surface area contributed by atoms with Gasteiger partial charge in [0.2, 0.25) is 0 Å². The standard InChI is InChI=1S/C21H30O4/c1-12(22)25-17-11-13-10-14(23)6-8-20(13,2)16-7-9-21(3)15(19(16)17)4-5-18(21)24/h6-8,13-15,17-19,23-24H,4-5,9-11H2,1-3H3/t13?,14-,15-,17-,18-,19-,20-,21-/m0/s1. The van der Waals surface area contributed by atoms with E-state index in [9.17, 15) is 15.0 Å². The summed E-state index contributed by atoms with van der Waals surface area (Å²) in [5.74, 6) is 0.589. The van der Waals surface area contributed by atoms with Crippen molar-refractivity contribution < 1.29 is 19.7 Å². The molecule has 138 valence electrons. The van der Waals surface area contributed by atoms with E-state index in [0.29, 0.717) is 5.92 Å². The van der Waals surface area contributed by atoms with Crippen molar-refractivity contribution in [3.63, 3.8) is 0 Å². The van der Waals surface area contributed by atoms with Gasteiger partial charge in [-0.1, -0.05) is 37.6 Å². The first-order valence-corrected chi connectivity index (χ1v) is 9.69. The summed E-state index contributed by atoms with van der Waals surface area (Å²) in [6.07, 6.45) is 9.83. The molecule has 0 bridgehead atoms. The molecule has 4 heteroatoms. The van der Waals surface area contributed by atoms with Gasteiger partial charge in [0.15, 0.2) is 0 Å². The van der Waals surface area contributed by atoms with Crippen molar-refractivity contribution in [1.82, 2.24) is 0 Å². The summed E-state index contributed by atoms with van der Waals surface area (Å²) in [5.41, 5.74) is 1.18. The summed E-state index contributed by atoms with van der Waals surface area (Å²) in [7, 11) is 0. The number of aliphatic hydroxyl groups is 2. The van der Waals surface area contributed by atoms with Gasteiger partial charge in [0.1, 0.15) is 6.10 Å². The normalized spacial score (nSPS) is 51.2. The fourth-order valence-electron chi connectivity index (χ4n) is 6.34. The highest BCUT2D eigenvalue weighted by Crippen LogP contribution is 2.63. The van der Waals surface area contributed by atoms with Crippen molar-refractivity contribution in [2.75, 3.05) is 0 Å². The minimum atomic E-state index is -0.407. The summed E-state index contributed by atoms with van der Waals surface area (Å²) in [6.45, 7) is 5.96. The molecule has 1 unspecified atom stereocenters. The number of carbonyl (C=O) groups excluding carboxylic acids is 1. The molecule has 2 fully saturated rings. The van der Waals surface area contributed by atoms with E-state index in [4.69, 9.17) is 4.74 Å². The Hall–Kier alpha value is -1.13. The molecule has 0 aromatic rings. The molecule has 0 heterocycles. The van der Waals surface area contributed by atoms with Gasteiger partial charge in [0.05, 0.1) is 12.2 Å². The number of hydrogen-bond acceptors (Lipinski definition) is 4. The van der Waals surface area contributed by atoms with Gasteiger partial charge in [-0.2, -0.15) is 0 Å². The monoisotopic (exact) mass is 346 g/mol. The molecule has 2 N–H and O–H groups in total. The van der Waals surface area contributed by atoms with Crippen LogP contribution in [0.4, 0.5) is 0 Å². The molecule has 4 aliphatic rings. The molecular weight excluding hydrogens is 316 g/mol. The van der Waals surface area contributed by atoms with Gasteiger partial charge >= 0.3 is 5.97 Å². The first-order chi connectivity index (χ1) is 11.8. The van der Waals surface area contributed by atoms with Gasteiger partial charge in [-0.3, -0.25) is 4.79 Å². The molecule has 0 saturated heterocycles. The summed E-state index contributed by atoms with van der Waals surface area (Å²) >= 11 is 0. The lowest BCUT2D eigenvalue weighted by atomic mass is 9.49. The summed E-state index contributed by atoms with van der Waals surface area (Å²) in [5, 5.41) is 20.7. The Morgan fingerprint density at radius 3 is 2.72 bits per heavy atom. The smallest absolute Gasteiger partial charge is 0.302 e. The van der Waals surface area contributed by atoms with E-state index in [1.165, 1.54) is 12.5 Å². The molecule has 0 aromatic heterocycles. The van der Waals surface area contributed by atoms with Crippen LogP contribution in [-0.4, -0.2) is 34.5 Å². The second-order valence-corrected chi connectivity index (χ2v) is 9.12. The maximum atomic E-state index is 11.8. The molecule has 0 amide bonds. The third-order valence-corrected chi connectivity index (χ3v) is 7.81. The Kier molecular flexibility index (Phi) is 3.93. The molecule has 25 heavy (non-hydrogen) atoms. The quantitative estimate of drug-likeness (QED) is 0.566. The van der Waals surface area contributed by atoms with E-state index >= 15 is 0 Å². The molecule has 2 saturated carbocycles. The van der Waals surface area contributed by atoms with Crippen LogP contribution in [0.3, 0.4) is 0 Å². The summed E-state index contributed by atoms with van der Waals surface area (Å²) in [6, 6.07) is 0. The lowest BCUT2D eigenvalue weighted by Gasteiger charge is -2.56. The zero-order valence-electron chi connectivity index (χ0n) is 15.4. The van der Waals surface area contributed by atoms with E-state index in [2.05, 4.69) is 26.0 Å². The Morgan fingerprint density at radius 2 is 2.00 bits per heavy atom. The average molecular weight is 346 g/mol. The fraction of sp³-hybridized carbons (Fsp3) is 0.762. The number of rotatable bonds is 1. The first kappa shape index (κ1) is 17.3. The Labute approximate surface area is 149 Å². The molecular formula is C21H30O4. The van der Waals surface area contributed by atoms with Crippen LogP contribution in [0.15, 0.2) is 23.8 Å². The number of esters is 1. The van der Waals surface area contributed by atoms with E-state index in [1.54, 1.807) is 0 Å². The van der Waals surface area contributed by atoms with Crippen molar-refractivity contribution in [2.45, 2.75) is 71.2 Å². The number of allylic oxidation sites excluding steroid dienone is 2. The molecule has 8 atom stereocenters. The maximum absolute atomic E-state index is 11.8. The van der Waals surface area contributed by atoms with Crippen LogP contribution in [0.1, 0.15) is 52.9 Å². The highest BCUT2D eigenvalue weighted by molar-refractivity contribution is 5.66. The van der Waals surface area contributed by atoms with Gasteiger partial charge in [-0.05, 0) is 43.9 Å². The molecule has 4 nitrogen and oxygen atoms in total. The van der Waals surface area contributed by atoms with Gasteiger partial charge in [-0.15, -0.1) is 0 Å². The van der Waals surface area contributed by atoms with Gasteiger partial charge in [0, 0.05) is 23.7 Å². The van der Waals surface area contributed by atoms with Crippen LogP contribution < -0.4 is 0 Å². The fourth-order valence-corrected chi connectivity index (χ4v) is 6.34. The minimum Gasteiger partial charge on any atom is -0.462 e. The number of hydrogen-bond donors (Lipinski definition) is 2. The number of carbonyl (C=O) groups is 1. The van der Waals surface area contributed by atoms with Crippen molar-refractivity contribution in [1.29, 1.82) is 0 Å². The van der Waals surface area contributed by atoms with Crippen LogP contribution in [0, 0.1) is 28.6 Å². The zero-order chi connectivity index (χ0) is 18.0. The Bertz CT molecular complexity index is 638. The van der Waals surface area contributed by atoms with E-state index < -0.39 is 6.10 Å².